The van der Waals surface area contributed by atoms with Gasteiger partial charge in [-0.15, -0.1) is 11.3 Å². The SMILES string of the molecule is CC(C)(C)NS(=O)(=O)c1cc(Nc2ncc[nH]2)ccc1-c1cnc(C2CCC(OC(N)=O)CC2)s1. The van der Waals surface area contributed by atoms with Crippen LogP contribution in [0.4, 0.5) is 16.4 Å². The molecule has 4 rings (SSSR count). The second-order valence-electron chi connectivity index (χ2n) is 9.60. The lowest BCUT2D eigenvalue weighted by molar-refractivity contribution is 0.0787. The highest BCUT2D eigenvalue weighted by Gasteiger charge is 2.29. The molecule has 10 nitrogen and oxygen atoms in total. The van der Waals surface area contributed by atoms with Gasteiger partial charge in [0, 0.05) is 41.3 Å². The summed E-state index contributed by atoms with van der Waals surface area (Å²) in [5, 5.41) is 4.04. The minimum absolute atomic E-state index is 0.155. The zero-order valence-electron chi connectivity index (χ0n) is 19.9. The van der Waals surface area contributed by atoms with Crippen LogP contribution >= 0.6 is 11.3 Å². The normalized spacial score (nSPS) is 18.8. The van der Waals surface area contributed by atoms with Crippen LogP contribution in [0, 0.1) is 0 Å². The summed E-state index contributed by atoms with van der Waals surface area (Å²) in [4.78, 5) is 23.7. The predicted octanol–water partition coefficient (Wildman–Crippen LogP) is 4.48. The first kappa shape index (κ1) is 25.1. The molecule has 0 bridgehead atoms. The number of nitrogens with two attached hydrogens (primary N) is 1. The fourth-order valence-electron chi connectivity index (χ4n) is 4.15. The molecular formula is C23H30N6O4S2. The summed E-state index contributed by atoms with van der Waals surface area (Å²) in [7, 11) is -3.83. The van der Waals surface area contributed by atoms with Crippen LogP contribution in [0.1, 0.15) is 57.4 Å². The molecule has 1 saturated carbocycles. The van der Waals surface area contributed by atoms with Gasteiger partial charge in [0.25, 0.3) is 0 Å². The Kier molecular flexibility index (Phi) is 7.15. The minimum atomic E-state index is -3.83. The van der Waals surface area contributed by atoms with Crippen molar-refractivity contribution in [1.82, 2.24) is 19.7 Å². The molecule has 5 N–H and O–H groups in total. The molecule has 1 fully saturated rings. The van der Waals surface area contributed by atoms with E-state index in [0.29, 0.717) is 17.2 Å². The number of sulfonamides is 1. The number of carbonyl (C=O) groups excluding carboxylic acids is 1. The number of aromatic nitrogens is 3. The third-order valence-corrected chi connectivity index (χ3v) is 8.56. The van der Waals surface area contributed by atoms with Gasteiger partial charge in [-0.25, -0.2) is 27.9 Å². The van der Waals surface area contributed by atoms with Crippen LogP contribution in [0.25, 0.3) is 10.4 Å². The van der Waals surface area contributed by atoms with Crippen molar-refractivity contribution in [2.45, 2.75) is 68.9 Å². The first-order chi connectivity index (χ1) is 16.5. The van der Waals surface area contributed by atoms with E-state index in [4.69, 9.17) is 10.5 Å². The van der Waals surface area contributed by atoms with Crippen molar-refractivity contribution in [2.24, 2.45) is 5.73 Å². The molecule has 1 amide bonds. The molecule has 3 aromatic rings. The Bertz CT molecular complexity index is 1270. The number of anilines is 2. The van der Waals surface area contributed by atoms with E-state index in [1.807, 2.05) is 6.07 Å². The van der Waals surface area contributed by atoms with Gasteiger partial charge in [0.15, 0.2) is 0 Å². The molecule has 2 aromatic heterocycles. The lowest BCUT2D eigenvalue weighted by atomic mass is 9.88. The number of primary amides is 1. The average Bonchev–Trinajstić information content (AvgIpc) is 3.45. The number of benzene rings is 1. The van der Waals surface area contributed by atoms with Gasteiger partial charge in [-0.2, -0.15) is 0 Å². The summed E-state index contributed by atoms with van der Waals surface area (Å²) < 4.78 is 34.7. The molecule has 2 heterocycles. The van der Waals surface area contributed by atoms with Gasteiger partial charge < -0.3 is 20.8 Å². The van der Waals surface area contributed by atoms with Gasteiger partial charge >= 0.3 is 6.09 Å². The van der Waals surface area contributed by atoms with E-state index in [0.717, 1.165) is 35.6 Å². The molecule has 12 heteroatoms. The predicted molar refractivity (Wildman–Crippen MR) is 135 cm³/mol. The Balaban J connectivity index is 1.63. The van der Waals surface area contributed by atoms with Crippen molar-refractivity contribution in [1.29, 1.82) is 0 Å². The van der Waals surface area contributed by atoms with Crippen LogP contribution in [0.15, 0.2) is 41.7 Å². The minimum Gasteiger partial charge on any atom is -0.446 e. The Morgan fingerprint density at radius 2 is 1.94 bits per heavy atom. The first-order valence-corrected chi connectivity index (χ1v) is 13.7. The van der Waals surface area contributed by atoms with E-state index in [2.05, 4.69) is 25.0 Å². The van der Waals surface area contributed by atoms with E-state index in [9.17, 15) is 13.2 Å². The topological polar surface area (TPSA) is 152 Å². The second-order valence-corrected chi connectivity index (χ2v) is 12.3. The van der Waals surface area contributed by atoms with Crippen molar-refractivity contribution in [3.8, 4) is 10.4 Å². The number of nitrogens with one attached hydrogen (secondary N) is 3. The zero-order valence-corrected chi connectivity index (χ0v) is 21.5. The number of amides is 1. The summed E-state index contributed by atoms with van der Waals surface area (Å²) >= 11 is 1.49. The number of imidazole rings is 1. The molecule has 1 aliphatic carbocycles. The molecule has 0 saturated heterocycles. The third-order valence-electron chi connectivity index (χ3n) is 5.57. The highest BCUT2D eigenvalue weighted by atomic mass is 32.2. The highest BCUT2D eigenvalue weighted by molar-refractivity contribution is 7.89. The number of carbonyl (C=O) groups is 1. The average molecular weight is 519 g/mol. The lowest BCUT2D eigenvalue weighted by Gasteiger charge is -2.26. The number of aromatic amines is 1. The van der Waals surface area contributed by atoms with Crippen molar-refractivity contribution in [3.05, 3.63) is 41.8 Å². The standard InChI is InChI=1S/C23H30N6O4S2/c1-23(2,3)29-35(31,32)19-12-15(28-22-25-10-11-26-22)6-9-17(19)18-13-27-20(34-18)14-4-7-16(8-5-14)33-21(24)30/h6,9-14,16,29H,4-5,7-8H2,1-3H3,(H2,24,30)(H2,25,26,28). The largest absolute Gasteiger partial charge is 0.446 e. The Labute approximate surface area is 208 Å². The molecule has 0 unspecified atom stereocenters. The van der Waals surface area contributed by atoms with Crippen LogP contribution in [-0.4, -0.2) is 41.1 Å². The van der Waals surface area contributed by atoms with Crippen molar-refractivity contribution < 1.29 is 17.9 Å². The van der Waals surface area contributed by atoms with Gasteiger partial charge in [0.2, 0.25) is 16.0 Å². The summed E-state index contributed by atoms with van der Waals surface area (Å²) in [5.41, 5.74) is 5.67. The van der Waals surface area contributed by atoms with Crippen LogP contribution in [0.2, 0.25) is 0 Å². The highest BCUT2D eigenvalue weighted by Crippen LogP contribution is 2.40. The van der Waals surface area contributed by atoms with Gasteiger partial charge in [0.05, 0.1) is 14.8 Å². The monoisotopic (exact) mass is 518 g/mol. The molecule has 1 aliphatic rings. The quantitative estimate of drug-likeness (QED) is 0.360. The summed E-state index contributed by atoms with van der Waals surface area (Å²) in [5.74, 6) is 0.745. The van der Waals surface area contributed by atoms with Crippen LogP contribution in [0.5, 0.6) is 0 Å². The lowest BCUT2D eigenvalue weighted by Crippen LogP contribution is -2.40. The van der Waals surface area contributed by atoms with Crippen molar-refractivity contribution >= 4 is 39.1 Å². The number of thiazole rings is 1. The molecule has 188 valence electrons. The Hall–Kier alpha value is -2.96. The maximum atomic E-state index is 13.4. The number of nitrogens with zero attached hydrogens (tertiary/aromatic N) is 2. The third kappa shape index (κ3) is 6.38. The molecule has 0 spiro atoms. The molecule has 1 aromatic carbocycles. The number of hydrogen-bond acceptors (Lipinski definition) is 8. The van der Waals surface area contributed by atoms with E-state index in [-0.39, 0.29) is 16.9 Å². The number of rotatable bonds is 7. The van der Waals surface area contributed by atoms with Gasteiger partial charge in [-0.3, -0.25) is 0 Å². The van der Waals surface area contributed by atoms with Gasteiger partial charge in [0.1, 0.15) is 6.10 Å². The fourth-order valence-corrected chi connectivity index (χ4v) is 7.00. The first-order valence-electron chi connectivity index (χ1n) is 11.4. The number of ether oxygens (including phenoxy) is 1. The fraction of sp³-hybridized carbons (Fsp3) is 0.435. The van der Waals surface area contributed by atoms with E-state index < -0.39 is 21.7 Å². The van der Waals surface area contributed by atoms with Crippen LogP contribution in [0.3, 0.4) is 0 Å². The van der Waals surface area contributed by atoms with Crippen molar-refractivity contribution in [3.63, 3.8) is 0 Å². The van der Waals surface area contributed by atoms with E-state index >= 15 is 0 Å². The van der Waals surface area contributed by atoms with Crippen LogP contribution < -0.4 is 15.8 Å². The van der Waals surface area contributed by atoms with E-state index in [1.165, 1.54) is 11.3 Å². The van der Waals surface area contributed by atoms with Crippen LogP contribution in [-0.2, 0) is 14.8 Å². The van der Waals surface area contributed by atoms with E-state index in [1.54, 1.807) is 51.5 Å². The van der Waals surface area contributed by atoms with Gasteiger partial charge in [-0.1, -0.05) is 6.07 Å². The maximum Gasteiger partial charge on any atom is 0.404 e. The molecule has 35 heavy (non-hydrogen) atoms. The second kappa shape index (κ2) is 9.96. The Morgan fingerprint density at radius 1 is 1.20 bits per heavy atom. The molecular weight excluding hydrogens is 488 g/mol. The molecule has 0 atom stereocenters. The Morgan fingerprint density at radius 3 is 2.57 bits per heavy atom. The number of H-pyrrole nitrogens is 1. The summed E-state index contributed by atoms with van der Waals surface area (Å²) in [6, 6.07) is 5.22. The zero-order chi connectivity index (χ0) is 25.2. The molecule has 0 aliphatic heterocycles. The smallest absolute Gasteiger partial charge is 0.404 e. The summed E-state index contributed by atoms with van der Waals surface area (Å²) in [6.07, 6.45) is 7.24. The number of hydrogen-bond donors (Lipinski definition) is 4. The summed E-state index contributed by atoms with van der Waals surface area (Å²) in [6.45, 7) is 5.41. The molecule has 0 radical (unpaired) electrons. The van der Waals surface area contributed by atoms with Crippen molar-refractivity contribution in [2.75, 3.05) is 5.32 Å². The maximum absolute atomic E-state index is 13.4. The van der Waals surface area contributed by atoms with Gasteiger partial charge in [-0.05, 0) is 58.6 Å².